The summed E-state index contributed by atoms with van der Waals surface area (Å²) >= 11 is 0. The summed E-state index contributed by atoms with van der Waals surface area (Å²) in [6, 6.07) is 14.4. The second kappa shape index (κ2) is 5.37. The van der Waals surface area contributed by atoms with Crippen LogP contribution >= 0.6 is 0 Å². The van der Waals surface area contributed by atoms with Gasteiger partial charge in [0.05, 0.1) is 11.0 Å². The van der Waals surface area contributed by atoms with Crippen molar-refractivity contribution in [3.63, 3.8) is 0 Å². The van der Waals surface area contributed by atoms with Crippen molar-refractivity contribution in [3.05, 3.63) is 53.6 Å². The molecule has 3 rings (SSSR count). The Morgan fingerprint density at radius 3 is 2.50 bits per heavy atom. The van der Waals surface area contributed by atoms with Crippen LogP contribution in [0.4, 0.5) is 11.6 Å². The van der Waals surface area contributed by atoms with E-state index in [1.807, 2.05) is 18.2 Å². The number of aromatic amines is 1. The van der Waals surface area contributed by atoms with Gasteiger partial charge in [0.1, 0.15) is 0 Å². The summed E-state index contributed by atoms with van der Waals surface area (Å²) in [6.07, 6.45) is 0. The van der Waals surface area contributed by atoms with E-state index in [2.05, 4.69) is 60.3 Å². The number of H-pyrrole nitrogens is 1. The van der Waals surface area contributed by atoms with E-state index in [0.717, 1.165) is 29.2 Å². The number of aromatic nitrogens is 2. The largest absolute Gasteiger partial charge is 0.399 e. The van der Waals surface area contributed by atoms with E-state index in [1.54, 1.807) is 0 Å². The number of hydrogen-bond donors (Lipinski definition) is 3. The molecule has 0 saturated heterocycles. The average Bonchev–Trinajstić information content (AvgIpc) is 2.86. The molecule has 0 radical (unpaired) electrons. The molecule has 0 amide bonds. The quantitative estimate of drug-likeness (QED) is 0.638. The molecule has 0 aliphatic heterocycles. The van der Waals surface area contributed by atoms with E-state index in [1.165, 1.54) is 11.1 Å². The van der Waals surface area contributed by atoms with Crippen molar-refractivity contribution in [1.29, 1.82) is 0 Å². The van der Waals surface area contributed by atoms with Gasteiger partial charge in [0.25, 0.3) is 0 Å². The number of benzene rings is 2. The Labute approximate surface area is 130 Å². The molecule has 0 spiro atoms. The summed E-state index contributed by atoms with van der Waals surface area (Å²) in [7, 11) is 0. The van der Waals surface area contributed by atoms with Crippen LogP contribution in [0.3, 0.4) is 0 Å². The van der Waals surface area contributed by atoms with Gasteiger partial charge in [-0.2, -0.15) is 0 Å². The molecule has 0 atom stereocenters. The number of nitrogens with two attached hydrogens (primary N) is 1. The summed E-state index contributed by atoms with van der Waals surface area (Å²) in [5.74, 6) is 0.764. The molecule has 3 aromatic rings. The zero-order valence-electron chi connectivity index (χ0n) is 13.3. The van der Waals surface area contributed by atoms with Crippen molar-refractivity contribution in [2.24, 2.45) is 0 Å². The van der Waals surface area contributed by atoms with Crippen LogP contribution in [0.15, 0.2) is 42.5 Å². The smallest absolute Gasteiger partial charge is 0.201 e. The molecule has 2 aromatic carbocycles. The Hall–Kier alpha value is -2.49. The van der Waals surface area contributed by atoms with Gasteiger partial charge in [0.2, 0.25) is 5.95 Å². The van der Waals surface area contributed by atoms with Gasteiger partial charge in [-0.25, -0.2) is 4.98 Å². The van der Waals surface area contributed by atoms with Crippen LogP contribution in [0.2, 0.25) is 0 Å². The molecule has 0 aliphatic rings. The zero-order chi connectivity index (χ0) is 15.7. The summed E-state index contributed by atoms with van der Waals surface area (Å²) < 4.78 is 0. The monoisotopic (exact) mass is 294 g/mol. The Morgan fingerprint density at radius 2 is 1.82 bits per heavy atom. The van der Waals surface area contributed by atoms with E-state index in [-0.39, 0.29) is 5.41 Å². The number of hydrogen-bond acceptors (Lipinski definition) is 3. The highest BCUT2D eigenvalue weighted by atomic mass is 15.1. The molecular weight excluding hydrogens is 272 g/mol. The van der Waals surface area contributed by atoms with Gasteiger partial charge in [-0.1, -0.05) is 45.0 Å². The predicted molar refractivity (Wildman–Crippen MR) is 93.0 cm³/mol. The average molecular weight is 294 g/mol. The number of imidazole rings is 1. The summed E-state index contributed by atoms with van der Waals surface area (Å²) in [5, 5.41) is 3.32. The van der Waals surface area contributed by atoms with Crippen molar-refractivity contribution in [1.82, 2.24) is 9.97 Å². The van der Waals surface area contributed by atoms with Crippen molar-refractivity contribution >= 4 is 22.7 Å². The molecule has 1 heterocycles. The van der Waals surface area contributed by atoms with E-state index in [9.17, 15) is 0 Å². The highest BCUT2D eigenvalue weighted by molar-refractivity contribution is 5.80. The van der Waals surface area contributed by atoms with Crippen molar-refractivity contribution < 1.29 is 0 Å². The Morgan fingerprint density at radius 1 is 1.09 bits per heavy atom. The molecule has 0 saturated carbocycles. The SMILES string of the molecule is CC(C)(C)c1ccc(CNc2nc3ccc(N)cc3[nH]2)cc1. The molecule has 4 heteroatoms. The van der Waals surface area contributed by atoms with Gasteiger partial charge in [0, 0.05) is 12.2 Å². The van der Waals surface area contributed by atoms with Gasteiger partial charge in [0.15, 0.2) is 0 Å². The second-order valence-corrected chi connectivity index (χ2v) is 6.66. The first-order valence-electron chi connectivity index (χ1n) is 7.50. The lowest BCUT2D eigenvalue weighted by Gasteiger charge is -2.19. The molecule has 0 unspecified atom stereocenters. The summed E-state index contributed by atoms with van der Waals surface area (Å²) in [4.78, 5) is 7.74. The third kappa shape index (κ3) is 3.06. The fourth-order valence-electron chi connectivity index (χ4n) is 2.42. The molecule has 114 valence electrons. The van der Waals surface area contributed by atoms with Gasteiger partial charge in [-0.05, 0) is 34.7 Å². The van der Waals surface area contributed by atoms with Crippen LogP contribution in [0.25, 0.3) is 11.0 Å². The number of nitrogen functional groups attached to an aromatic ring is 1. The lowest BCUT2D eigenvalue weighted by atomic mass is 9.87. The minimum Gasteiger partial charge on any atom is -0.399 e. The topological polar surface area (TPSA) is 66.7 Å². The first-order chi connectivity index (χ1) is 10.4. The number of nitrogens with one attached hydrogen (secondary N) is 2. The predicted octanol–water partition coefficient (Wildman–Crippen LogP) is 4.05. The molecule has 4 nitrogen and oxygen atoms in total. The zero-order valence-corrected chi connectivity index (χ0v) is 13.3. The van der Waals surface area contributed by atoms with Crippen LogP contribution in [0, 0.1) is 0 Å². The van der Waals surface area contributed by atoms with E-state index in [0.29, 0.717) is 0 Å². The normalized spacial score (nSPS) is 11.8. The maximum absolute atomic E-state index is 5.78. The van der Waals surface area contributed by atoms with Crippen molar-refractivity contribution in [2.45, 2.75) is 32.7 Å². The maximum Gasteiger partial charge on any atom is 0.201 e. The van der Waals surface area contributed by atoms with E-state index < -0.39 is 0 Å². The summed E-state index contributed by atoms with van der Waals surface area (Å²) in [6.45, 7) is 7.40. The van der Waals surface area contributed by atoms with Crippen LogP contribution in [0.5, 0.6) is 0 Å². The Balaban J connectivity index is 1.71. The van der Waals surface area contributed by atoms with Gasteiger partial charge in [-0.3, -0.25) is 0 Å². The highest BCUT2D eigenvalue weighted by Crippen LogP contribution is 2.22. The lowest BCUT2D eigenvalue weighted by Crippen LogP contribution is -2.11. The van der Waals surface area contributed by atoms with Gasteiger partial charge in [-0.15, -0.1) is 0 Å². The third-order valence-electron chi connectivity index (χ3n) is 3.79. The fraction of sp³-hybridized carbons (Fsp3) is 0.278. The molecule has 0 bridgehead atoms. The molecule has 0 fully saturated rings. The molecule has 22 heavy (non-hydrogen) atoms. The maximum atomic E-state index is 5.78. The minimum atomic E-state index is 0.185. The Kier molecular flexibility index (Phi) is 3.53. The number of nitrogens with zero attached hydrogens (tertiary/aromatic N) is 1. The molecular formula is C18H22N4. The summed E-state index contributed by atoms with van der Waals surface area (Å²) in [5.41, 5.74) is 11.1. The molecule has 1 aromatic heterocycles. The van der Waals surface area contributed by atoms with E-state index >= 15 is 0 Å². The minimum absolute atomic E-state index is 0.185. The highest BCUT2D eigenvalue weighted by Gasteiger charge is 2.12. The van der Waals surface area contributed by atoms with Gasteiger partial charge < -0.3 is 16.0 Å². The molecule has 0 aliphatic carbocycles. The number of fused-ring (bicyclic) bond motifs is 1. The first kappa shape index (κ1) is 14.4. The standard InChI is InChI=1S/C18H22N4/c1-18(2,3)13-6-4-12(5-7-13)11-20-17-21-15-9-8-14(19)10-16(15)22-17/h4-10H,11,19H2,1-3H3,(H2,20,21,22). The molecule has 4 N–H and O–H groups in total. The van der Waals surface area contributed by atoms with E-state index in [4.69, 9.17) is 5.73 Å². The van der Waals surface area contributed by atoms with Crippen molar-refractivity contribution in [3.8, 4) is 0 Å². The Bertz CT molecular complexity index is 779. The number of rotatable bonds is 3. The van der Waals surface area contributed by atoms with Crippen molar-refractivity contribution in [2.75, 3.05) is 11.1 Å². The third-order valence-corrected chi connectivity index (χ3v) is 3.79. The number of anilines is 2. The van der Waals surface area contributed by atoms with Crippen LogP contribution < -0.4 is 11.1 Å². The van der Waals surface area contributed by atoms with Crippen LogP contribution in [-0.2, 0) is 12.0 Å². The van der Waals surface area contributed by atoms with Crippen LogP contribution in [0.1, 0.15) is 31.9 Å². The lowest BCUT2D eigenvalue weighted by molar-refractivity contribution is 0.590. The fourth-order valence-corrected chi connectivity index (χ4v) is 2.42. The second-order valence-electron chi connectivity index (χ2n) is 6.66. The first-order valence-corrected chi connectivity index (χ1v) is 7.50. The van der Waals surface area contributed by atoms with Gasteiger partial charge >= 0.3 is 0 Å². The van der Waals surface area contributed by atoms with Crippen LogP contribution in [-0.4, -0.2) is 9.97 Å².